The number of nitriles is 1. The lowest BCUT2D eigenvalue weighted by Gasteiger charge is -2.23. The Morgan fingerprint density at radius 2 is 2.06 bits per heavy atom. The molecule has 1 N–H and O–H groups in total. The molecule has 0 atom stereocenters. The summed E-state index contributed by atoms with van der Waals surface area (Å²) < 4.78 is 43.1. The number of hydrogen-bond donors (Lipinski definition) is 1. The maximum Gasteiger partial charge on any atom is 0.425 e. The van der Waals surface area contributed by atoms with Crippen molar-refractivity contribution in [2.24, 2.45) is 0 Å². The van der Waals surface area contributed by atoms with Crippen LogP contribution in [0.2, 0.25) is 0 Å². The number of ether oxygens (including phenoxy) is 1. The van der Waals surface area contributed by atoms with Crippen LogP contribution in [-0.4, -0.2) is 19.2 Å². The zero-order valence-corrected chi connectivity index (χ0v) is 10.2. The highest BCUT2D eigenvalue weighted by Gasteiger charge is 2.34. The molecular weight excluding hydrogens is 265 g/mol. The molecule has 0 saturated carbocycles. The van der Waals surface area contributed by atoms with E-state index < -0.39 is 11.1 Å². The van der Waals surface area contributed by atoms with Crippen LogP contribution in [0.3, 0.4) is 0 Å². The summed E-state index contributed by atoms with van der Waals surface area (Å²) in [7, 11) is 0. The van der Waals surface area contributed by atoms with Gasteiger partial charge in [0.15, 0.2) is 0 Å². The number of alkyl halides is 3. The minimum atomic E-state index is -4.42. The van der Waals surface area contributed by atoms with E-state index in [2.05, 4.69) is 5.32 Å². The minimum Gasteiger partial charge on any atom is -0.488 e. The molecular formula is C11H11F3N2OS. The van der Waals surface area contributed by atoms with Gasteiger partial charge in [-0.2, -0.15) is 18.4 Å². The van der Waals surface area contributed by atoms with Crippen molar-refractivity contribution < 1.29 is 17.9 Å². The molecule has 0 spiro atoms. The summed E-state index contributed by atoms with van der Waals surface area (Å²) >= 11 is 0.428. The number of halogens is 3. The van der Waals surface area contributed by atoms with Gasteiger partial charge in [0.2, 0.25) is 0 Å². The molecule has 0 aliphatic carbocycles. The van der Waals surface area contributed by atoms with E-state index in [4.69, 9.17) is 10.00 Å². The van der Waals surface area contributed by atoms with E-state index in [1.807, 2.05) is 0 Å². The predicted molar refractivity (Wildman–Crippen MR) is 60.6 cm³/mol. The summed E-state index contributed by atoms with van der Waals surface area (Å²) in [5.41, 5.74) is 0. The van der Waals surface area contributed by atoms with E-state index in [9.17, 15) is 13.2 Å². The van der Waals surface area contributed by atoms with Crippen LogP contribution in [0.15, 0.2) is 6.07 Å². The molecule has 18 heavy (non-hydrogen) atoms. The fourth-order valence-corrected chi connectivity index (χ4v) is 2.53. The third-order valence-electron chi connectivity index (χ3n) is 2.66. The number of rotatable bonds is 2. The highest BCUT2D eigenvalue weighted by molar-refractivity contribution is 7.13. The van der Waals surface area contributed by atoms with Crippen molar-refractivity contribution in [2.75, 3.05) is 13.1 Å². The van der Waals surface area contributed by atoms with Gasteiger partial charge < -0.3 is 10.1 Å². The Morgan fingerprint density at radius 1 is 1.39 bits per heavy atom. The number of hydrogen-bond acceptors (Lipinski definition) is 4. The van der Waals surface area contributed by atoms with Crippen LogP contribution < -0.4 is 10.1 Å². The Hall–Kier alpha value is -1.26. The number of nitrogens with one attached hydrogen (secondary N) is 1. The van der Waals surface area contributed by atoms with Crippen molar-refractivity contribution in [3.8, 4) is 11.8 Å². The first-order chi connectivity index (χ1) is 8.50. The van der Waals surface area contributed by atoms with Crippen molar-refractivity contribution in [2.45, 2.75) is 25.1 Å². The topological polar surface area (TPSA) is 45.0 Å². The van der Waals surface area contributed by atoms with E-state index in [-0.39, 0.29) is 16.7 Å². The zero-order chi connectivity index (χ0) is 13.2. The Balaban J connectivity index is 2.16. The first kappa shape index (κ1) is 13.2. The van der Waals surface area contributed by atoms with Crippen LogP contribution in [0.4, 0.5) is 13.2 Å². The lowest BCUT2D eigenvalue weighted by molar-refractivity contribution is -0.134. The van der Waals surface area contributed by atoms with Gasteiger partial charge in [0, 0.05) is 6.07 Å². The average Bonchev–Trinajstić information content (AvgIpc) is 2.73. The lowest BCUT2D eigenvalue weighted by atomic mass is 10.1. The summed E-state index contributed by atoms with van der Waals surface area (Å²) in [5, 5.41) is 12.0. The molecule has 0 unspecified atom stereocenters. The maximum absolute atomic E-state index is 12.5. The van der Waals surface area contributed by atoms with E-state index in [1.165, 1.54) is 0 Å². The highest BCUT2D eigenvalue weighted by Crippen LogP contribution is 2.40. The second kappa shape index (κ2) is 5.16. The summed E-state index contributed by atoms with van der Waals surface area (Å²) in [5.74, 6) is 0.0572. The first-order valence-corrected chi connectivity index (χ1v) is 6.31. The molecule has 1 saturated heterocycles. The molecule has 0 radical (unpaired) electrons. The van der Waals surface area contributed by atoms with Gasteiger partial charge >= 0.3 is 6.18 Å². The quantitative estimate of drug-likeness (QED) is 0.903. The molecule has 3 nitrogen and oxygen atoms in total. The minimum absolute atomic E-state index is 0.0131. The normalized spacial score (nSPS) is 17.4. The molecule has 1 aromatic rings. The second-order valence-corrected chi connectivity index (χ2v) is 5.03. The fraction of sp³-hybridized carbons (Fsp3) is 0.545. The van der Waals surface area contributed by atoms with Crippen molar-refractivity contribution in [3.63, 3.8) is 0 Å². The van der Waals surface area contributed by atoms with E-state index >= 15 is 0 Å². The van der Waals surface area contributed by atoms with Crippen molar-refractivity contribution in [3.05, 3.63) is 15.8 Å². The smallest absolute Gasteiger partial charge is 0.425 e. The van der Waals surface area contributed by atoms with Crippen molar-refractivity contribution >= 4 is 11.3 Å². The molecule has 0 amide bonds. The second-order valence-electron chi connectivity index (χ2n) is 3.98. The van der Waals surface area contributed by atoms with Crippen molar-refractivity contribution in [1.82, 2.24) is 5.32 Å². The zero-order valence-electron chi connectivity index (χ0n) is 9.38. The summed E-state index contributed by atoms with van der Waals surface area (Å²) in [6.45, 7) is 1.56. The number of piperidine rings is 1. The summed E-state index contributed by atoms with van der Waals surface area (Å²) in [6, 6.07) is 2.68. The van der Waals surface area contributed by atoms with Gasteiger partial charge in [-0.1, -0.05) is 0 Å². The van der Waals surface area contributed by atoms with Crippen LogP contribution in [0, 0.1) is 11.3 Å². The first-order valence-electron chi connectivity index (χ1n) is 5.49. The third kappa shape index (κ3) is 2.94. The van der Waals surface area contributed by atoms with Crippen molar-refractivity contribution in [1.29, 1.82) is 5.26 Å². The molecule has 1 fully saturated rings. The van der Waals surface area contributed by atoms with Gasteiger partial charge in [-0.3, -0.25) is 0 Å². The Kier molecular flexibility index (Phi) is 3.78. The molecule has 98 valence electrons. The number of nitrogens with zero attached hydrogens (tertiary/aromatic N) is 1. The van der Waals surface area contributed by atoms with Crippen LogP contribution in [0.25, 0.3) is 0 Å². The van der Waals surface area contributed by atoms with Gasteiger partial charge in [-0.05, 0) is 25.9 Å². The van der Waals surface area contributed by atoms with Crippen LogP contribution >= 0.6 is 11.3 Å². The Bertz CT molecular complexity index is 458. The summed E-state index contributed by atoms with van der Waals surface area (Å²) in [6.07, 6.45) is -3.06. The summed E-state index contributed by atoms with van der Waals surface area (Å²) in [4.78, 5) is -0.802. The predicted octanol–water partition coefficient (Wildman–Crippen LogP) is 2.77. The molecule has 0 aromatic carbocycles. The number of thiophene rings is 1. The van der Waals surface area contributed by atoms with Crippen LogP contribution in [-0.2, 0) is 6.18 Å². The largest absolute Gasteiger partial charge is 0.488 e. The van der Waals surface area contributed by atoms with E-state index in [1.54, 1.807) is 6.07 Å². The molecule has 0 bridgehead atoms. The third-order valence-corrected chi connectivity index (χ3v) is 3.72. The lowest BCUT2D eigenvalue weighted by Crippen LogP contribution is -2.34. The molecule has 2 rings (SSSR count). The molecule has 7 heteroatoms. The highest BCUT2D eigenvalue weighted by atomic mass is 32.1. The monoisotopic (exact) mass is 276 g/mol. The van der Waals surface area contributed by atoms with Crippen LogP contribution in [0.5, 0.6) is 5.75 Å². The van der Waals surface area contributed by atoms with Gasteiger partial charge in [0.1, 0.15) is 27.7 Å². The van der Waals surface area contributed by atoms with E-state index in [0.717, 1.165) is 32.0 Å². The van der Waals surface area contributed by atoms with E-state index in [0.29, 0.717) is 11.3 Å². The Morgan fingerprint density at radius 3 is 2.61 bits per heavy atom. The molecule has 1 aliphatic rings. The Labute approximate surface area is 106 Å². The van der Waals surface area contributed by atoms with Gasteiger partial charge in [0.25, 0.3) is 0 Å². The van der Waals surface area contributed by atoms with Gasteiger partial charge in [-0.25, -0.2) is 0 Å². The maximum atomic E-state index is 12.5. The average molecular weight is 276 g/mol. The van der Waals surface area contributed by atoms with Gasteiger partial charge in [0.05, 0.1) is 0 Å². The molecule has 1 aromatic heterocycles. The SMILES string of the molecule is N#Cc1sc(C(F)(F)F)cc1OC1CCNCC1. The molecule has 2 heterocycles. The fourth-order valence-electron chi connectivity index (χ4n) is 1.77. The van der Waals surface area contributed by atoms with Gasteiger partial charge in [-0.15, -0.1) is 11.3 Å². The molecule has 1 aliphatic heterocycles. The van der Waals surface area contributed by atoms with Crippen LogP contribution in [0.1, 0.15) is 22.6 Å². The standard InChI is InChI=1S/C11H11F3N2OS/c12-11(13,14)10-5-8(9(6-15)18-10)17-7-1-3-16-4-2-7/h5,7,16H,1-4H2.